The number of aliphatic carboxylic acids is 1. The molecule has 0 amide bonds. The average molecular weight is 458 g/mol. The first-order chi connectivity index (χ1) is 16.0. The standard InChI is InChI=1S/C28H21ClFNO2/c1-2-23(24-13-12-22(30)17-25(24)29)28(20-8-5-18(6-9-20)7-14-27(32)33)21-11-10-19-4-3-15-31-26(19)16-21/h3-17H,2H2,1H3,(H,32,33)/b14-7+,28-23+. The quantitative estimate of drug-likeness (QED) is 0.241. The Morgan fingerprint density at radius 2 is 1.79 bits per heavy atom. The molecule has 0 fully saturated rings. The molecule has 0 radical (unpaired) electrons. The topological polar surface area (TPSA) is 50.2 Å². The summed E-state index contributed by atoms with van der Waals surface area (Å²) < 4.78 is 13.8. The number of fused-ring (bicyclic) bond motifs is 1. The van der Waals surface area contributed by atoms with Crippen molar-refractivity contribution in [2.75, 3.05) is 0 Å². The van der Waals surface area contributed by atoms with Gasteiger partial charge in [-0.05, 0) is 70.2 Å². The zero-order valence-electron chi connectivity index (χ0n) is 17.9. The van der Waals surface area contributed by atoms with Crippen LogP contribution in [0.1, 0.15) is 35.6 Å². The Kier molecular flexibility index (Phi) is 6.66. The minimum atomic E-state index is -0.998. The van der Waals surface area contributed by atoms with Crippen molar-refractivity contribution >= 4 is 45.7 Å². The molecule has 0 aliphatic carbocycles. The van der Waals surface area contributed by atoms with E-state index in [1.165, 1.54) is 12.1 Å². The normalized spacial score (nSPS) is 12.2. The molecule has 1 heterocycles. The number of nitrogens with zero attached hydrogens (tertiary/aromatic N) is 1. The van der Waals surface area contributed by atoms with Gasteiger partial charge in [-0.15, -0.1) is 0 Å². The number of carbonyl (C=O) groups is 1. The molecule has 164 valence electrons. The van der Waals surface area contributed by atoms with Crippen LogP contribution >= 0.6 is 11.6 Å². The highest BCUT2D eigenvalue weighted by atomic mass is 35.5. The third kappa shape index (κ3) is 5.02. The number of rotatable bonds is 6. The van der Waals surface area contributed by atoms with Crippen molar-refractivity contribution in [3.63, 3.8) is 0 Å². The van der Waals surface area contributed by atoms with E-state index in [-0.39, 0.29) is 5.82 Å². The van der Waals surface area contributed by atoms with Crippen LogP contribution in [0.15, 0.2) is 85.1 Å². The number of aromatic nitrogens is 1. The molecule has 1 N–H and O–H groups in total. The van der Waals surface area contributed by atoms with Crippen LogP contribution in [0.5, 0.6) is 0 Å². The second-order valence-electron chi connectivity index (χ2n) is 7.54. The van der Waals surface area contributed by atoms with E-state index < -0.39 is 5.97 Å². The Balaban J connectivity index is 1.94. The second-order valence-corrected chi connectivity index (χ2v) is 7.94. The van der Waals surface area contributed by atoms with Crippen molar-refractivity contribution in [1.29, 1.82) is 0 Å². The predicted octanol–water partition coefficient (Wildman–Crippen LogP) is 7.49. The van der Waals surface area contributed by atoms with Gasteiger partial charge in [-0.1, -0.05) is 67.1 Å². The summed E-state index contributed by atoms with van der Waals surface area (Å²) in [6.45, 7) is 2.04. The Hall–Kier alpha value is -3.76. The van der Waals surface area contributed by atoms with Crippen LogP contribution in [0.3, 0.4) is 0 Å². The summed E-state index contributed by atoms with van der Waals surface area (Å²) in [4.78, 5) is 15.3. The van der Waals surface area contributed by atoms with Gasteiger partial charge in [0.1, 0.15) is 5.82 Å². The Labute approximate surface area is 196 Å². The van der Waals surface area contributed by atoms with Gasteiger partial charge in [0.15, 0.2) is 0 Å². The lowest BCUT2D eigenvalue weighted by Gasteiger charge is -2.18. The lowest BCUT2D eigenvalue weighted by Crippen LogP contribution is -1.97. The van der Waals surface area contributed by atoms with Gasteiger partial charge in [0, 0.05) is 17.7 Å². The summed E-state index contributed by atoms with van der Waals surface area (Å²) in [5, 5.41) is 10.3. The average Bonchev–Trinajstić information content (AvgIpc) is 2.82. The third-order valence-corrected chi connectivity index (χ3v) is 5.74. The molecule has 4 aromatic rings. The molecule has 0 spiro atoms. The van der Waals surface area contributed by atoms with E-state index in [0.29, 0.717) is 11.4 Å². The molecule has 0 saturated carbocycles. The minimum absolute atomic E-state index is 0.351. The van der Waals surface area contributed by atoms with Crippen LogP contribution in [-0.2, 0) is 4.79 Å². The van der Waals surface area contributed by atoms with E-state index in [9.17, 15) is 9.18 Å². The summed E-state index contributed by atoms with van der Waals surface area (Å²) in [5.74, 6) is -1.38. The Bertz CT molecular complexity index is 1390. The van der Waals surface area contributed by atoms with Crippen molar-refractivity contribution in [3.05, 3.63) is 118 Å². The van der Waals surface area contributed by atoms with E-state index in [1.807, 2.05) is 61.5 Å². The molecule has 0 saturated heterocycles. The maximum atomic E-state index is 13.8. The molecule has 5 heteroatoms. The molecule has 0 aliphatic heterocycles. The first kappa shape index (κ1) is 22.4. The molecular formula is C28H21ClFNO2. The molecule has 33 heavy (non-hydrogen) atoms. The molecule has 0 bridgehead atoms. The van der Waals surface area contributed by atoms with Gasteiger partial charge in [-0.25, -0.2) is 9.18 Å². The fraction of sp³-hybridized carbons (Fsp3) is 0.0714. The van der Waals surface area contributed by atoms with Crippen molar-refractivity contribution in [1.82, 2.24) is 4.98 Å². The van der Waals surface area contributed by atoms with Crippen molar-refractivity contribution in [2.24, 2.45) is 0 Å². The van der Waals surface area contributed by atoms with Gasteiger partial charge in [-0.2, -0.15) is 0 Å². The third-order valence-electron chi connectivity index (χ3n) is 5.42. The molecule has 0 atom stereocenters. The summed E-state index contributed by atoms with van der Waals surface area (Å²) >= 11 is 6.46. The van der Waals surface area contributed by atoms with E-state index in [1.54, 1.807) is 18.3 Å². The molecule has 1 aromatic heterocycles. The lowest BCUT2D eigenvalue weighted by atomic mass is 9.87. The molecule has 0 aliphatic rings. The van der Waals surface area contributed by atoms with E-state index >= 15 is 0 Å². The highest BCUT2D eigenvalue weighted by Crippen LogP contribution is 2.38. The second kappa shape index (κ2) is 9.80. The van der Waals surface area contributed by atoms with Crippen LogP contribution in [0.2, 0.25) is 5.02 Å². The van der Waals surface area contributed by atoms with Gasteiger partial charge in [0.25, 0.3) is 0 Å². The van der Waals surface area contributed by atoms with Crippen LogP contribution in [0, 0.1) is 5.82 Å². The Morgan fingerprint density at radius 3 is 2.48 bits per heavy atom. The summed E-state index contributed by atoms with van der Waals surface area (Å²) in [6.07, 6.45) is 5.09. The van der Waals surface area contributed by atoms with Crippen LogP contribution in [0.4, 0.5) is 4.39 Å². The van der Waals surface area contributed by atoms with Crippen molar-refractivity contribution in [3.8, 4) is 0 Å². The number of pyridine rings is 1. The summed E-state index contributed by atoms with van der Waals surface area (Å²) in [7, 11) is 0. The Morgan fingerprint density at radius 1 is 1.03 bits per heavy atom. The maximum absolute atomic E-state index is 13.8. The van der Waals surface area contributed by atoms with Gasteiger partial charge >= 0.3 is 5.97 Å². The number of halogens is 2. The summed E-state index contributed by atoms with van der Waals surface area (Å²) in [6, 6.07) is 22.1. The highest BCUT2D eigenvalue weighted by Gasteiger charge is 2.16. The van der Waals surface area contributed by atoms with Crippen molar-refractivity contribution in [2.45, 2.75) is 13.3 Å². The van der Waals surface area contributed by atoms with Crippen LogP contribution < -0.4 is 0 Å². The van der Waals surface area contributed by atoms with E-state index in [2.05, 4.69) is 4.98 Å². The largest absolute Gasteiger partial charge is 0.478 e. The van der Waals surface area contributed by atoms with Gasteiger partial charge < -0.3 is 5.11 Å². The van der Waals surface area contributed by atoms with Gasteiger partial charge in [-0.3, -0.25) is 4.98 Å². The summed E-state index contributed by atoms with van der Waals surface area (Å²) in [5.41, 5.74) is 6.26. The molecule has 4 rings (SSSR count). The number of hydrogen-bond donors (Lipinski definition) is 1. The first-order valence-corrected chi connectivity index (χ1v) is 10.9. The van der Waals surface area contributed by atoms with Gasteiger partial charge in [0.05, 0.1) is 10.5 Å². The van der Waals surface area contributed by atoms with E-state index in [0.717, 1.165) is 50.4 Å². The maximum Gasteiger partial charge on any atom is 0.328 e. The lowest BCUT2D eigenvalue weighted by molar-refractivity contribution is -0.131. The zero-order chi connectivity index (χ0) is 23.4. The fourth-order valence-electron chi connectivity index (χ4n) is 3.90. The molecule has 3 aromatic carbocycles. The number of hydrogen-bond acceptors (Lipinski definition) is 2. The monoisotopic (exact) mass is 457 g/mol. The predicted molar refractivity (Wildman–Crippen MR) is 132 cm³/mol. The fourth-order valence-corrected chi connectivity index (χ4v) is 4.18. The molecule has 3 nitrogen and oxygen atoms in total. The van der Waals surface area contributed by atoms with Crippen LogP contribution in [-0.4, -0.2) is 16.1 Å². The van der Waals surface area contributed by atoms with E-state index in [4.69, 9.17) is 16.7 Å². The molecular weight excluding hydrogens is 437 g/mol. The highest BCUT2D eigenvalue weighted by molar-refractivity contribution is 6.32. The van der Waals surface area contributed by atoms with Gasteiger partial charge in [0.2, 0.25) is 0 Å². The number of carboxylic acids is 1. The smallest absolute Gasteiger partial charge is 0.328 e. The number of allylic oxidation sites excluding steroid dienone is 1. The molecule has 0 unspecified atom stereocenters. The SMILES string of the molecule is CC/C(=C(/c1ccc(/C=C/C(=O)O)cc1)c1ccc2cccnc2c1)c1ccc(F)cc1Cl. The number of carboxylic acid groups (broad SMARTS) is 1. The van der Waals surface area contributed by atoms with Crippen molar-refractivity contribution < 1.29 is 14.3 Å². The number of benzene rings is 3. The first-order valence-electron chi connectivity index (χ1n) is 10.5. The van der Waals surface area contributed by atoms with Crippen LogP contribution in [0.25, 0.3) is 28.1 Å². The zero-order valence-corrected chi connectivity index (χ0v) is 18.7. The minimum Gasteiger partial charge on any atom is -0.478 e.